The van der Waals surface area contributed by atoms with Crippen molar-refractivity contribution in [3.8, 4) is 28.6 Å². The number of aliphatic hydroxyl groups excluding tert-OH is 6. The topological polar surface area (TPSA) is 240 Å². The summed E-state index contributed by atoms with van der Waals surface area (Å²) < 4.78 is 22.4. The average Bonchev–Trinajstić information content (AvgIpc) is 3.20. The second kappa shape index (κ2) is 10.9. The number of hydrogen-bond donors (Lipinski definition) is 9. The van der Waals surface area contributed by atoms with Crippen LogP contribution in [0.5, 0.6) is 17.2 Å². The molecule has 3 heterocycles. The number of aliphatic hydroxyl groups is 6. The number of phenolic OH excluding ortho intramolecular Hbond substituents is 3. The molecule has 3 aromatic rings. The summed E-state index contributed by atoms with van der Waals surface area (Å²) in [4.78, 5) is 13.1. The van der Waals surface area contributed by atoms with E-state index >= 15 is 0 Å². The van der Waals surface area contributed by atoms with E-state index in [1.165, 1.54) is 24.3 Å². The lowest BCUT2D eigenvalue weighted by molar-refractivity contribution is -0.289. The van der Waals surface area contributed by atoms with Crippen LogP contribution >= 0.6 is 0 Å². The average molecular weight is 564 g/mol. The van der Waals surface area contributed by atoms with Crippen LogP contribution in [0.2, 0.25) is 0 Å². The Labute approximate surface area is 225 Å². The maximum Gasteiger partial charge on any atom is 0.197 e. The molecule has 0 spiro atoms. The van der Waals surface area contributed by atoms with Gasteiger partial charge in [0.05, 0.1) is 18.8 Å². The molecule has 0 radical (unpaired) electrons. The first-order valence-corrected chi connectivity index (χ1v) is 12.3. The number of ether oxygens (including phenoxy) is 3. The minimum Gasteiger partial charge on any atom is -0.508 e. The summed E-state index contributed by atoms with van der Waals surface area (Å²) in [5.41, 5.74) is -0.979. The summed E-state index contributed by atoms with van der Waals surface area (Å²) in [6, 6.07) is 7.84. The van der Waals surface area contributed by atoms with E-state index in [1.807, 2.05) is 0 Å². The Morgan fingerprint density at radius 3 is 2.05 bits per heavy atom. The lowest BCUT2D eigenvalue weighted by Gasteiger charge is -2.43. The fourth-order valence-electron chi connectivity index (χ4n) is 4.96. The molecule has 0 unspecified atom stereocenters. The molecule has 5 rings (SSSR count). The van der Waals surface area contributed by atoms with Crippen LogP contribution in [-0.2, 0) is 14.2 Å². The van der Waals surface area contributed by atoms with E-state index in [0.29, 0.717) is 5.56 Å². The van der Waals surface area contributed by atoms with Crippen molar-refractivity contribution in [1.82, 2.24) is 0 Å². The van der Waals surface area contributed by atoms with Gasteiger partial charge in [-0.1, -0.05) is 0 Å². The van der Waals surface area contributed by atoms with E-state index < -0.39 is 90.8 Å². The summed E-state index contributed by atoms with van der Waals surface area (Å²) in [7, 11) is 0. The number of benzene rings is 2. The first kappa shape index (κ1) is 28.2. The zero-order chi connectivity index (χ0) is 28.9. The van der Waals surface area contributed by atoms with Crippen LogP contribution in [0.15, 0.2) is 45.6 Å². The van der Waals surface area contributed by atoms with Crippen LogP contribution < -0.4 is 5.43 Å². The minimum atomic E-state index is -1.85. The van der Waals surface area contributed by atoms with Gasteiger partial charge >= 0.3 is 0 Å². The summed E-state index contributed by atoms with van der Waals surface area (Å²) in [5, 5.41) is 92.0. The molecule has 0 saturated carbocycles. The predicted octanol–water partition coefficient (Wildman–Crippen LogP) is -1.45. The Hall–Kier alpha value is -3.31. The first-order chi connectivity index (χ1) is 19.0. The molecule has 14 heteroatoms. The van der Waals surface area contributed by atoms with E-state index in [4.69, 9.17) is 18.6 Å². The van der Waals surface area contributed by atoms with Gasteiger partial charge in [0, 0.05) is 17.7 Å². The zero-order valence-corrected chi connectivity index (χ0v) is 20.6. The molecular weight excluding hydrogens is 536 g/mol. The van der Waals surface area contributed by atoms with Gasteiger partial charge in [-0.15, -0.1) is 0 Å². The lowest BCUT2D eigenvalue weighted by Crippen LogP contribution is -2.57. The first-order valence-electron chi connectivity index (χ1n) is 12.3. The molecule has 0 bridgehead atoms. The molecule has 14 nitrogen and oxygen atoms in total. The van der Waals surface area contributed by atoms with Crippen molar-refractivity contribution in [2.45, 2.75) is 55.1 Å². The minimum absolute atomic E-state index is 0.0125. The largest absolute Gasteiger partial charge is 0.508 e. The monoisotopic (exact) mass is 564 g/mol. The molecule has 2 aromatic carbocycles. The van der Waals surface area contributed by atoms with Gasteiger partial charge in [0.2, 0.25) is 0 Å². The quantitative estimate of drug-likeness (QED) is 0.167. The third kappa shape index (κ3) is 4.79. The molecule has 216 valence electrons. The highest BCUT2D eigenvalue weighted by molar-refractivity contribution is 5.88. The third-order valence-electron chi connectivity index (χ3n) is 7.10. The SMILES string of the molecule is O=c1cc(-c2ccc(O)cc2)oc2cc(O)c([C@@H]3O[C@H](CO)[C@@H](O)[C@H](O)[C@H]3O[C@@H]3O[C@H](CO)[C@@H](O)[C@@H]3O)c(O)c12. The smallest absolute Gasteiger partial charge is 0.197 e. The van der Waals surface area contributed by atoms with E-state index in [9.17, 15) is 50.8 Å². The maximum absolute atomic E-state index is 13.1. The number of fused-ring (bicyclic) bond motifs is 1. The Kier molecular flexibility index (Phi) is 7.71. The summed E-state index contributed by atoms with van der Waals surface area (Å²) >= 11 is 0. The highest BCUT2D eigenvalue weighted by Gasteiger charge is 2.52. The van der Waals surface area contributed by atoms with Crippen LogP contribution in [0, 0.1) is 0 Å². The Morgan fingerprint density at radius 1 is 0.800 bits per heavy atom. The van der Waals surface area contributed by atoms with Gasteiger partial charge in [0.1, 0.15) is 82.8 Å². The van der Waals surface area contributed by atoms with E-state index in [0.717, 1.165) is 12.1 Å². The summed E-state index contributed by atoms with van der Waals surface area (Å²) in [5.74, 6) is -1.42. The summed E-state index contributed by atoms with van der Waals surface area (Å²) in [6.07, 6.45) is -14.5. The fraction of sp³-hybridized carbons (Fsp3) is 0.423. The zero-order valence-electron chi connectivity index (χ0n) is 20.6. The molecule has 0 amide bonds. The van der Waals surface area contributed by atoms with Crippen molar-refractivity contribution in [3.05, 3.63) is 52.2 Å². The number of phenols is 3. The van der Waals surface area contributed by atoms with E-state index in [2.05, 4.69) is 0 Å². The molecule has 2 saturated heterocycles. The van der Waals surface area contributed by atoms with Crippen molar-refractivity contribution in [1.29, 1.82) is 0 Å². The molecule has 2 fully saturated rings. The molecule has 40 heavy (non-hydrogen) atoms. The van der Waals surface area contributed by atoms with Crippen molar-refractivity contribution in [2.24, 2.45) is 0 Å². The van der Waals surface area contributed by atoms with E-state index in [-0.39, 0.29) is 22.5 Å². The highest BCUT2D eigenvalue weighted by atomic mass is 16.7. The number of hydrogen-bond acceptors (Lipinski definition) is 14. The molecular formula is C26H28O14. The van der Waals surface area contributed by atoms with Crippen molar-refractivity contribution >= 4 is 11.0 Å². The summed E-state index contributed by atoms with van der Waals surface area (Å²) in [6.45, 7) is -1.46. The second-order valence-electron chi connectivity index (χ2n) is 9.62. The number of rotatable bonds is 6. The van der Waals surface area contributed by atoms with Gasteiger partial charge in [-0.25, -0.2) is 0 Å². The van der Waals surface area contributed by atoms with Crippen molar-refractivity contribution < 1.29 is 64.6 Å². The Balaban J connectivity index is 1.58. The fourth-order valence-corrected chi connectivity index (χ4v) is 4.96. The van der Waals surface area contributed by atoms with Crippen LogP contribution in [0.25, 0.3) is 22.3 Å². The van der Waals surface area contributed by atoms with Crippen molar-refractivity contribution in [2.75, 3.05) is 13.2 Å². The lowest BCUT2D eigenvalue weighted by atomic mass is 9.89. The maximum atomic E-state index is 13.1. The third-order valence-corrected chi connectivity index (χ3v) is 7.10. The van der Waals surface area contributed by atoms with Gasteiger partial charge in [-0.05, 0) is 24.3 Å². The standard InChI is InChI=1S/C26H28O14/c27-7-15-19(32)22(35)25(40-26-23(36)20(33)16(8-28)39-26)24(38-15)18-12(31)6-14-17(21(18)34)11(30)5-13(37-14)9-1-3-10(29)4-2-9/h1-6,15-16,19-20,22-29,31-36H,7-8H2/t15-,16-,19-,20-,22+,23+,24+,25-,26+/m1/s1. The van der Waals surface area contributed by atoms with Crippen LogP contribution in [0.3, 0.4) is 0 Å². The van der Waals surface area contributed by atoms with Crippen LogP contribution in [0.4, 0.5) is 0 Å². The molecule has 9 atom stereocenters. The van der Waals surface area contributed by atoms with Gasteiger partial charge in [0.15, 0.2) is 11.7 Å². The molecule has 1 aromatic heterocycles. The van der Waals surface area contributed by atoms with E-state index in [1.54, 1.807) is 0 Å². The molecule has 0 aliphatic carbocycles. The van der Waals surface area contributed by atoms with Gasteiger partial charge < -0.3 is 64.6 Å². The Bertz CT molecular complexity index is 1420. The van der Waals surface area contributed by atoms with Gasteiger partial charge in [-0.3, -0.25) is 4.79 Å². The normalized spacial score (nSPS) is 32.5. The molecule has 2 aliphatic heterocycles. The van der Waals surface area contributed by atoms with Crippen molar-refractivity contribution in [3.63, 3.8) is 0 Å². The number of aromatic hydroxyl groups is 3. The van der Waals surface area contributed by atoms with Gasteiger partial charge in [-0.2, -0.15) is 0 Å². The second-order valence-corrected chi connectivity index (χ2v) is 9.62. The Morgan fingerprint density at radius 2 is 1.43 bits per heavy atom. The van der Waals surface area contributed by atoms with Crippen LogP contribution in [-0.4, -0.2) is 108 Å². The molecule has 2 aliphatic rings. The van der Waals surface area contributed by atoms with Crippen LogP contribution in [0.1, 0.15) is 11.7 Å². The molecule has 9 N–H and O–H groups in total. The predicted molar refractivity (Wildman–Crippen MR) is 132 cm³/mol. The highest BCUT2D eigenvalue weighted by Crippen LogP contribution is 2.46. The van der Waals surface area contributed by atoms with Gasteiger partial charge in [0.25, 0.3) is 0 Å².